The third kappa shape index (κ3) is 6.13. The van der Waals surface area contributed by atoms with Gasteiger partial charge in [-0.05, 0) is 57.0 Å². The quantitative estimate of drug-likeness (QED) is 0.819. The Hall–Kier alpha value is -3.33. The summed E-state index contributed by atoms with van der Waals surface area (Å²) < 4.78 is 5.23. The Balaban J connectivity index is 2.05. The highest BCUT2D eigenvalue weighted by molar-refractivity contribution is 5.96. The lowest BCUT2D eigenvalue weighted by Crippen LogP contribution is -2.33. The second kappa shape index (κ2) is 9.05. The summed E-state index contributed by atoms with van der Waals surface area (Å²) in [7, 11) is 0. The van der Waals surface area contributed by atoms with Crippen LogP contribution in [0.25, 0.3) is 0 Å². The number of nitriles is 1. The monoisotopic (exact) mass is 379 g/mol. The van der Waals surface area contributed by atoms with Crippen molar-refractivity contribution in [1.82, 2.24) is 10.6 Å². The number of amides is 2. The predicted octanol–water partition coefficient (Wildman–Crippen LogP) is 4.07. The van der Waals surface area contributed by atoms with Crippen molar-refractivity contribution in [3.05, 3.63) is 70.8 Å². The van der Waals surface area contributed by atoms with E-state index in [1.807, 2.05) is 25.1 Å². The van der Waals surface area contributed by atoms with Crippen LogP contribution in [0.5, 0.6) is 0 Å². The molecule has 0 radical (unpaired) electrons. The summed E-state index contributed by atoms with van der Waals surface area (Å²) in [5, 5.41) is 14.5. The molecule has 0 fully saturated rings. The number of nitrogens with zero attached hydrogens (tertiary/aromatic N) is 1. The Morgan fingerprint density at radius 3 is 2.36 bits per heavy atom. The first-order valence-corrected chi connectivity index (χ1v) is 9.05. The normalized spacial score (nSPS) is 11.8. The number of ether oxygens (including phenoxy) is 1. The summed E-state index contributed by atoms with van der Waals surface area (Å²) in [6, 6.07) is 16.0. The first-order valence-electron chi connectivity index (χ1n) is 9.05. The topological polar surface area (TPSA) is 91.2 Å². The molecule has 2 N–H and O–H groups in total. The minimum Gasteiger partial charge on any atom is -0.444 e. The molecule has 0 unspecified atom stereocenters. The lowest BCUT2D eigenvalue weighted by Gasteiger charge is -2.20. The minimum absolute atomic E-state index is 0.184. The van der Waals surface area contributed by atoms with Gasteiger partial charge in [-0.1, -0.05) is 30.3 Å². The number of alkyl carbamates (subject to hydrolysis) is 1. The van der Waals surface area contributed by atoms with Crippen LogP contribution in [0.15, 0.2) is 48.5 Å². The fourth-order valence-corrected chi connectivity index (χ4v) is 2.58. The molecule has 2 aromatic rings. The lowest BCUT2D eigenvalue weighted by atomic mass is 10.0. The smallest absolute Gasteiger partial charge is 0.407 e. The predicted molar refractivity (Wildman–Crippen MR) is 107 cm³/mol. The van der Waals surface area contributed by atoms with E-state index in [1.54, 1.807) is 51.1 Å². The standard InChI is InChI=1S/C22H25N3O3/c1-15(17-11-9-16(13-23)10-12-17)25-20(26)19-8-6-5-7-18(19)14-24-21(27)28-22(2,3)4/h5-12,15H,14H2,1-4H3,(H,24,27)(H,25,26)/t15-/m1/s1. The molecule has 2 amide bonds. The summed E-state index contributed by atoms with van der Waals surface area (Å²) in [6.45, 7) is 7.43. The third-order valence-corrected chi connectivity index (χ3v) is 3.97. The maximum absolute atomic E-state index is 12.7. The molecule has 2 rings (SSSR count). The Morgan fingerprint density at radius 2 is 1.75 bits per heavy atom. The fourth-order valence-electron chi connectivity index (χ4n) is 2.58. The van der Waals surface area contributed by atoms with Crippen molar-refractivity contribution < 1.29 is 14.3 Å². The number of nitrogens with one attached hydrogen (secondary N) is 2. The second-order valence-electron chi connectivity index (χ2n) is 7.44. The molecule has 0 saturated heterocycles. The van der Waals surface area contributed by atoms with Gasteiger partial charge in [0.1, 0.15) is 5.60 Å². The Kier molecular flexibility index (Phi) is 6.78. The Bertz CT molecular complexity index is 877. The van der Waals surface area contributed by atoms with Crippen LogP contribution in [0, 0.1) is 11.3 Å². The largest absolute Gasteiger partial charge is 0.444 e. The minimum atomic E-state index is -0.586. The van der Waals surface area contributed by atoms with Crippen LogP contribution in [0.1, 0.15) is 60.8 Å². The molecule has 0 bridgehead atoms. The first-order chi connectivity index (χ1) is 13.2. The summed E-state index contributed by atoms with van der Waals surface area (Å²) in [4.78, 5) is 24.6. The van der Waals surface area contributed by atoms with Crippen LogP contribution in [0.3, 0.4) is 0 Å². The van der Waals surface area contributed by atoms with Gasteiger partial charge < -0.3 is 15.4 Å². The van der Waals surface area contributed by atoms with E-state index in [0.29, 0.717) is 16.7 Å². The van der Waals surface area contributed by atoms with Crippen molar-refractivity contribution in [2.75, 3.05) is 0 Å². The van der Waals surface area contributed by atoms with Crippen LogP contribution in [-0.4, -0.2) is 17.6 Å². The van der Waals surface area contributed by atoms with E-state index in [0.717, 1.165) is 5.56 Å². The molecule has 0 aromatic heterocycles. The maximum Gasteiger partial charge on any atom is 0.407 e. The Morgan fingerprint density at radius 1 is 1.11 bits per heavy atom. The zero-order chi connectivity index (χ0) is 20.7. The molecule has 0 aliphatic rings. The van der Waals surface area contributed by atoms with E-state index in [1.165, 1.54) is 0 Å². The average Bonchev–Trinajstić information content (AvgIpc) is 2.65. The number of rotatable bonds is 5. The summed E-state index contributed by atoms with van der Waals surface area (Å²) in [5.74, 6) is -0.238. The van der Waals surface area contributed by atoms with Crippen molar-refractivity contribution in [1.29, 1.82) is 5.26 Å². The molecule has 6 heteroatoms. The van der Waals surface area contributed by atoms with Crippen LogP contribution in [-0.2, 0) is 11.3 Å². The van der Waals surface area contributed by atoms with Gasteiger partial charge in [0, 0.05) is 12.1 Å². The highest BCUT2D eigenvalue weighted by Gasteiger charge is 2.18. The molecule has 0 heterocycles. The molecule has 146 valence electrons. The molecular formula is C22H25N3O3. The highest BCUT2D eigenvalue weighted by atomic mass is 16.6. The van der Waals surface area contributed by atoms with E-state index < -0.39 is 11.7 Å². The van der Waals surface area contributed by atoms with Crippen LogP contribution in [0.4, 0.5) is 4.79 Å². The van der Waals surface area contributed by atoms with E-state index in [-0.39, 0.29) is 18.5 Å². The maximum atomic E-state index is 12.7. The van der Waals surface area contributed by atoms with Gasteiger partial charge in [-0.3, -0.25) is 4.79 Å². The van der Waals surface area contributed by atoms with E-state index in [2.05, 4.69) is 16.7 Å². The average molecular weight is 379 g/mol. The third-order valence-electron chi connectivity index (χ3n) is 3.97. The molecule has 1 atom stereocenters. The van der Waals surface area contributed by atoms with Crippen LogP contribution in [0.2, 0.25) is 0 Å². The molecule has 0 spiro atoms. The first kappa shape index (κ1) is 21.0. The summed E-state index contributed by atoms with van der Waals surface area (Å²) in [5.41, 5.74) is 2.06. The zero-order valence-corrected chi connectivity index (χ0v) is 16.6. The molecule has 28 heavy (non-hydrogen) atoms. The molecule has 0 aliphatic heterocycles. The number of hydrogen-bond acceptors (Lipinski definition) is 4. The fraction of sp³-hybridized carbons (Fsp3) is 0.318. The Labute approximate surface area is 165 Å². The van der Waals surface area contributed by atoms with Gasteiger partial charge in [0.05, 0.1) is 17.7 Å². The molecule has 0 saturated carbocycles. The molecule has 0 aliphatic carbocycles. The number of benzene rings is 2. The van der Waals surface area contributed by atoms with Gasteiger partial charge in [-0.2, -0.15) is 5.26 Å². The van der Waals surface area contributed by atoms with Crippen LogP contribution >= 0.6 is 0 Å². The molecule has 6 nitrogen and oxygen atoms in total. The number of carbonyl (C=O) groups excluding carboxylic acids is 2. The van der Waals surface area contributed by atoms with Crippen molar-refractivity contribution >= 4 is 12.0 Å². The molecular weight excluding hydrogens is 354 g/mol. The van der Waals surface area contributed by atoms with Crippen molar-refractivity contribution in [3.63, 3.8) is 0 Å². The van der Waals surface area contributed by atoms with Crippen LogP contribution < -0.4 is 10.6 Å². The highest BCUT2D eigenvalue weighted by Crippen LogP contribution is 2.16. The number of carbonyl (C=O) groups is 2. The SMILES string of the molecule is C[C@@H](NC(=O)c1ccccc1CNC(=O)OC(C)(C)C)c1ccc(C#N)cc1. The van der Waals surface area contributed by atoms with Gasteiger partial charge in [-0.25, -0.2) is 4.79 Å². The van der Waals surface area contributed by atoms with Gasteiger partial charge in [-0.15, -0.1) is 0 Å². The van der Waals surface area contributed by atoms with Gasteiger partial charge in [0.25, 0.3) is 5.91 Å². The van der Waals surface area contributed by atoms with E-state index in [9.17, 15) is 9.59 Å². The van der Waals surface area contributed by atoms with Gasteiger partial charge in [0.15, 0.2) is 0 Å². The van der Waals surface area contributed by atoms with E-state index >= 15 is 0 Å². The zero-order valence-electron chi connectivity index (χ0n) is 16.6. The molecule has 2 aromatic carbocycles. The van der Waals surface area contributed by atoms with Gasteiger partial charge >= 0.3 is 6.09 Å². The van der Waals surface area contributed by atoms with Crippen molar-refractivity contribution in [3.8, 4) is 6.07 Å². The summed E-state index contributed by atoms with van der Waals surface area (Å²) in [6.07, 6.45) is -0.534. The van der Waals surface area contributed by atoms with Crippen molar-refractivity contribution in [2.24, 2.45) is 0 Å². The lowest BCUT2D eigenvalue weighted by molar-refractivity contribution is 0.0522. The number of hydrogen-bond donors (Lipinski definition) is 2. The summed E-state index contributed by atoms with van der Waals surface area (Å²) >= 11 is 0. The van der Waals surface area contributed by atoms with Gasteiger partial charge in [0.2, 0.25) is 0 Å². The van der Waals surface area contributed by atoms with Crippen molar-refractivity contribution in [2.45, 2.75) is 45.9 Å². The van der Waals surface area contributed by atoms with E-state index in [4.69, 9.17) is 10.00 Å². The second-order valence-corrected chi connectivity index (χ2v) is 7.44.